The molecule has 1 aromatic carbocycles. The minimum atomic E-state index is -0.321. The van der Waals surface area contributed by atoms with E-state index in [1.807, 2.05) is 26.0 Å². The van der Waals surface area contributed by atoms with Crippen molar-refractivity contribution in [2.45, 2.75) is 13.8 Å². The number of halogens is 1. The number of aromatic nitrogens is 1. The van der Waals surface area contributed by atoms with Crippen molar-refractivity contribution in [3.05, 3.63) is 58.4 Å². The average molecular weight is 301 g/mol. The SMILES string of the molecule is Cc1cccc(NC(=O)c2oc3ccc(Cl)cc3c2C)n1. The van der Waals surface area contributed by atoms with Gasteiger partial charge in [-0.05, 0) is 44.2 Å². The van der Waals surface area contributed by atoms with Crippen molar-refractivity contribution in [3.8, 4) is 0 Å². The molecule has 0 bridgehead atoms. The highest BCUT2D eigenvalue weighted by Gasteiger charge is 2.18. The van der Waals surface area contributed by atoms with E-state index in [0.29, 0.717) is 16.4 Å². The summed E-state index contributed by atoms with van der Waals surface area (Å²) < 4.78 is 5.62. The Morgan fingerprint density at radius 3 is 2.81 bits per heavy atom. The molecule has 0 saturated carbocycles. The largest absolute Gasteiger partial charge is 0.451 e. The maximum atomic E-state index is 12.3. The van der Waals surface area contributed by atoms with Crippen molar-refractivity contribution in [2.24, 2.45) is 0 Å². The third-order valence-electron chi connectivity index (χ3n) is 3.23. The summed E-state index contributed by atoms with van der Waals surface area (Å²) in [5.41, 5.74) is 2.23. The molecule has 1 N–H and O–H groups in total. The summed E-state index contributed by atoms with van der Waals surface area (Å²) >= 11 is 5.97. The zero-order valence-electron chi connectivity index (χ0n) is 11.6. The number of anilines is 1. The number of nitrogens with one attached hydrogen (secondary N) is 1. The van der Waals surface area contributed by atoms with Gasteiger partial charge < -0.3 is 9.73 Å². The molecule has 1 amide bonds. The number of aryl methyl sites for hydroxylation is 2. The molecule has 2 heterocycles. The van der Waals surface area contributed by atoms with Crippen LogP contribution in [0.25, 0.3) is 11.0 Å². The highest BCUT2D eigenvalue weighted by molar-refractivity contribution is 6.31. The minimum absolute atomic E-state index is 0.274. The number of hydrogen-bond donors (Lipinski definition) is 1. The molecular weight excluding hydrogens is 288 g/mol. The van der Waals surface area contributed by atoms with E-state index >= 15 is 0 Å². The van der Waals surface area contributed by atoms with Crippen LogP contribution in [0, 0.1) is 13.8 Å². The molecule has 3 rings (SSSR count). The Balaban J connectivity index is 1.96. The van der Waals surface area contributed by atoms with E-state index in [4.69, 9.17) is 16.0 Å². The average Bonchev–Trinajstić information content (AvgIpc) is 2.76. The Kier molecular flexibility index (Phi) is 3.39. The van der Waals surface area contributed by atoms with Gasteiger partial charge in [0, 0.05) is 21.7 Å². The van der Waals surface area contributed by atoms with Gasteiger partial charge in [-0.3, -0.25) is 4.79 Å². The fourth-order valence-electron chi connectivity index (χ4n) is 2.20. The van der Waals surface area contributed by atoms with E-state index in [9.17, 15) is 4.79 Å². The number of rotatable bonds is 2. The molecule has 0 aliphatic rings. The molecule has 0 atom stereocenters. The Morgan fingerprint density at radius 2 is 2.05 bits per heavy atom. The quantitative estimate of drug-likeness (QED) is 0.765. The van der Waals surface area contributed by atoms with Crippen molar-refractivity contribution in [1.82, 2.24) is 4.98 Å². The van der Waals surface area contributed by atoms with Gasteiger partial charge in [0.05, 0.1) is 0 Å². The molecule has 5 heteroatoms. The maximum Gasteiger partial charge on any atom is 0.292 e. The van der Waals surface area contributed by atoms with E-state index in [1.54, 1.807) is 24.3 Å². The first kappa shape index (κ1) is 13.6. The lowest BCUT2D eigenvalue weighted by Gasteiger charge is -2.03. The van der Waals surface area contributed by atoms with Gasteiger partial charge in [0.2, 0.25) is 0 Å². The van der Waals surface area contributed by atoms with Crippen LogP contribution in [-0.4, -0.2) is 10.9 Å². The topological polar surface area (TPSA) is 55.1 Å². The van der Waals surface area contributed by atoms with Crippen LogP contribution in [0.3, 0.4) is 0 Å². The van der Waals surface area contributed by atoms with E-state index in [1.165, 1.54) is 0 Å². The van der Waals surface area contributed by atoms with E-state index < -0.39 is 0 Å². The van der Waals surface area contributed by atoms with Crippen LogP contribution < -0.4 is 5.32 Å². The van der Waals surface area contributed by atoms with E-state index in [-0.39, 0.29) is 11.7 Å². The fraction of sp³-hybridized carbons (Fsp3) is 0.125. The second-order valence-corrected chi connectivity index (χ2v) is 5.25. The van der Waals surface area contributed by atoms with Crippen LogP contribution in [0.1, 0.15) is 21.8 Å². The lowest BCUT2D eigenvalue weighted by Crippen LogP contribution is -2.13. The predicted octanol–water partition coefficient (Wildman–Crippen LogP) is 4.35. The zero-order chi connectivity index (χ0) is 15.0. The number of hydrogen-bond acceptors (Lipinski definition) is 3. The first-order valence-corrected chi connectivity index (χ1v) is 6.86. The number of pyridine rings is 1. The van der Waals surface area contributed by atoms with Gasteiger partial charge in [-0.2, -0.15) is 0 Å². The van der Waals surface area contributed by atoms with Crippen molar-refractivity contribution >= 4 is 34.3 Å². The van der Waals surface area contributed by atoms with Gasteiger partial charge in [0.1, 0.15) is 11.4 Å². The summed E-state index contributed by atoms with van der Waals surface area (Å²) in [7, 11) is 0. The van der Waals surface area contributed by atoms with Crippen LogP contribution in [0.2, 0.25) is 5.02 Å². The van der Waals surface area contributed by atoms with Crippen LogP contribution in [0.5, 0.6) is 0 Å². The molecule has 21 heavy (non-hydrogen) atoms. The summed E-state index contributed by atoms with van der Waals surface area (Å²) in [5, 5.41) is 4.19. The summed E-state index contributed by atoms with van der Waals surface area (Å²) in [6.45, 7) is 3.70. The molecule has 106 valence electrons. The third-order valence-corrected chi connectivity index (χ3v) is 3.47. The van der Waals surface area contributed by atoms with Crippen LogP contribution in [-0.2, 0) is 0 Å². The molecule has 4 nitrogen and oxygen atoms in total. The van der Waals surface area contributed by atoms with Gasteiger partial charge in [-0.15, -0.1) is 0 Å². The Bertz CT molecular complexity index is 839. The molecule has 0 unspecified atom stereocenters. The van der Waals surface area contributed by atoms with Crippen molar-refractivity contribution in [1.29, 1.82) is 0 Å². The van der Waals surface area contributed by atoms with Crippen molar-refractivity contribution in [3.63, 3.8) is 0 Å². The van der Waals surface area contributed by atoms with E-state index in [0.717, 1.165) is 16.6 Å². The number of amides is 1. The fourth-order valence-corrected chi connectivity index (χ4v) is 2.37. The Morgan fingerprint density at radius 1 is 1.24 bits per heavy atom. The van der Waals surface area contributed by atoms with Gasteiger partial charge in [-0.25, -0.2) is 4.98 Å². The van der Waals surface area contributed by atoms with Crippen molar-refractivity contribution < 1.29 is 9.21 Å². The predicted molar refractivity (Wildman–Crippen MR) is 82.9 cm³/mol. The zero-order valence-corrected chi connectivity index (χ0v) is 12.4. The molecule has 0 spiro atoms. The first-order chi connectivity index (χ1) is 10.0. The molecule has 0 fully saturated rings. The van der Waals surface area contributed by atoms with Crippen LogP contribution >= 0.6 is 11.6 Å². The first-order valence-electron chi connectivity index (χ1n) is 6.48. The van der Waals surface area contributed by atoms with E-state index in [2.05, 4.69) is 10.3 Å². The van der Waals surface area contributed by atoms with Crippen LogP contribution in [0.4, 0.5) is 5.82 Å². The smallest absolute Gasteiger partial charge is 0.292 e. The summed E-state index contributed by atoms with van der Waals surface area (Å²) in [4.78, 5) is 16.6. The van der Waals surface area contributed by atoms with Gasteiger partial charge in [0.25, 0.3) is 5.91 Å². The normalized spacial score (nSPS) is 10.8. The van der Waals surface area contributed by atoms with Gasteiger partial charge in [0.15, 0.2) is 5.76 Å². The lowest BCUT2D eigenvalue weighted by molar-refractivity contribution is 0.0997. The van der Waals surface area contributed by atoms with Gasteiger partial charge in [-0.1, -0.05) is 17.7 Å². The number of fused-ring (bicyclic) bond motifs is 1. The highest BCUT2D eigenvalue weighted by atomic mass is 35.5. The summed E-state index contributed by atoms with van der Waals surface area (Å²) in [5.74, 6) is 0.450. The molecular formula is C16H13ClN2O2. The number of nitrogens with zero attached hydrogens (tertiary/aromatic N) is 1. The molecule has 0 aliphatic carbocycles. The third kappa shape index (κ3) is 2.62. The van der Waals surface area contributed by atoms with Crippen LogP contribution in [0.15, 0.2) is 40.8 Å². The molecule has 3 aromatic rings. The second-order valence-electron chi connectivity index (χ2n) is 4.82. The number of furan rings is 1. The molecule has 0 radical (unpaired) electrons. The standard InChI is InChI=1S/C16H13ClN2O2/c1-9-4-3-5-14(18-9)19-16(20)15-10(2)12-8-11(17)6-7-13(12)21-15/h3-8H,1-2H3,(H,18,19,20). The highest BCUT2D eigenvalue weighted by Crippen LogP contribution is 2.28. The summed E-state index contributed by atoms with van der Waals surface area (Å²) in [6.07, 6.45) is 0. The number of carbonyl (C=O) groups is 1. The minimum Gasteiger partial charge on any atom is -0.451 e. The molecule has 0 saturated heterocycles. The monoisotopic (exact) mass is 300 g/mol. The van der Waals surface area contributed by atoms with Crippen molar-refractivity contribution in [2.75, 3.05) is 5.32 Å². The maximum absolute atomic E-state index is 12.3. The number of benzene rings is 1. The number of carbonyl (C=O) groups excluding carboxylic acids is 1. The Hall–Kier alpha value is -2.33. The lowest BCUT2D eigenvalue weighted by atomic mass is 10.1. The molecule has 2 aromatic heterocycles. The summed E-state index contributed by atoms with van der Waals surface area (Å²) in [6, 6.07) is 10.7. The van der Waals surface area contributed by atoms with Gasteiger partial charge >= 0.3 is 0 Å². The Labute approximate surface area is 126 Å². The molecule has 0 aliphatic heterocycles. The second kappa shape index (κ2) is 5.22.